The van der Waals surface area contributed by atoms with Crippen LogP contribution in [0.1, 0.15) is 32.6 Å². The Morgan fingerprint density at radius 1 is 1.40 bits per heavy atom. The summed E-state index contributed by atoms with van der Waals surface area (Å²) in [7, 11) is 2.02. The first-order chi connectivity index (χ1) is 7.26. The van der Waals surface area contributed by atoms with Crippen LogP contribution in [0, 0.1) is 5.92 Å². The first-order valence-corrected chi connectivity index (χ1v) is 6.31. The number of nitrogens with zero attached hydrogens (tertiary/aromatic N) is 1. The highest BCUT2D eigenvalue weighted by Crippen LogP contribution is 2.20. The van der Waals surface area contributed by atoms with Crippen molar-refractivity contribution in [1.82, 2.24) is 10.2 Å². The lowest BCUT2D eigenvalue weighted by atomic mass is 9.93. The monoisotopic (exact) mass is 214 g/mol. The van der Waals surface area contributed by atoms with Crippen molar-refractivity contribution in [2.24, 2.45) is 5.92 Å². The van der Waals surface area contributed by atoms with E-state index in [1.807, 2.05) is 14.0 Å². The average molecular weight is 214 g/mol. The highest BCUT2D eigenvalue weighted by Gasteiger charge is 2.19. The van der Waals surface area contributed by atoms with Gasteiger partial charge in [-0.2, -0.15) is 0 Å². The molecule has 1 atom stereocenters. The van der Waals surface area contributed by atoms with Gasteiger partial charge in [-0.15, -0.1) is 0 Å². The van der Waals surface area contributed by atoms with Crippen LogP contribution in [0.5, 0.6) is 0 Å². The minimum Gasteiger partial charge on any atom is -0.392 e. The lowest BCUT2D eigenvalue weighted by molar-refractivity contribution is 0.0858. The second-order valence-corrected chi connectivity index (χ2v) is 4.70. The summed E-state index contributed by atoms with van der Waals surface area (Å²) in [6, 6.07) is 0. The third-order valence-electron chi connectivity index (χ3n) is 3.45. The molecular weight excluding hydrogens is 188 g/mol. The minimum atomic E-state index is -0.126. The van der Waals surface area contributed by atoms with Gasteiger partial charge in [-0.3, -0.25) is 0 Å². The highest BCUT2D eigenvalue weighted by atomic mass is 16.3. The number of piperidine rings is 1. The standard InChI is InChI=1S/C12H26N2O/c1-3-12(15)10-14-8-5-11(6-9-14)4-7-13-2/h11-13,15H,3-10H2,1-2H3. The fraction of sp³-hybridized carbons (Fsp3) is 1.00. The highest BCUT2D eigenvalue weighted by molar-refractivity contribution is 4.74. The lowest BCUT2D eigenvalue weighted by Gasteiger charge is -2.33. The van der Waals surface area contributed by atoms with E-state index in [0.717, 1.165) is 25.4 Å². The van der Waals surface area contributed by atoms with Crippen molar-refractivity contribution in [1.29, 1.82) is 0 Å². The predicted octanol–water partition coefficient (Wildman–Crippen LogP) is 1.08. The smallest absolute Gasteiger partial charge is 0.0664 e. The molecule has 0 aromatic heterocycles. The Bertz CT molecular complexity index is 156. The van der Waals surface area contributed by atoms with Gasteiger partial charge in [0.25, 0.3) is 0 Å². The molecule has 3 nitrogen and oxygen atoms in total. The first-order valence-electron chi connectivity index (χ1n) is 6.31. The quantitative estimate of drug-likeness (QED) is 0.694. The molecule has 0 aliphatic carbocycles. The van der Waals surface area contributed by atoms with Gasteiger partial charge in [-0.25, -0.2) is 0 Å². The molecule has 1 rings (SSSR count). The second kappa shape index (κ2) is 7.20. The molecule has 1 aliphatic rings. The number of aliphatic hydroxyl groups is 1. The fourth-order valence-electron chi connectivity index (χ4n) is 2.23. The molecular formula is C12H26N2O. The van der Waals surface area contributed by atoms with Crippen LogP contribution in [0.25, 0.3) is 0 Å². The van der Waals surface area contributed by atoms with E-state index in [1.54, 1.807) is 0 Å². The molecule has 2 N–H and O–H groups in total. The van der Waals surface area contributed by atoms with E-state index >= 15 is 0 Å². The zero-order chi connectivity index (χ0) is 11.1. The Labute approximate surface area is 93.9 Å². The third kappa shape index (κ3) is 4.96. The SMILES string of the molecule is CCC(O)CN1CCC(CCNC)CC1. The summed E-state index contributed by atoms with van der Waals surface area (Å²) in [6.07, 6.45) is 4.66. The Balaban J connectivity index is 2.12. The summed E-state index contributed by atoms with van der Waals surface area (Å²) in [6.45, 7) is 6.40. The van der Waals surface area contributed by atoms with Gasteiger partial charge in [0.15, 0.2) is 0 Å². The normalized spacial score (nSPS) is 21.8. The molecule has 1 saturated heterocycles. The van der Waals surface area contributed by atoms with E-state index in [9.17, 15) is 5.11 Å². The zero-order valence-corrected chi connectivity index (χ0v) is 10.2. The summed E-state index contributed by atoms with van der Waals surface area (Å²) < 4.78 is 0. The predicted molar refractivity (Wildman–Crippen MR) is 64.0 cm³/mol. The van der Waals surface area contributed by atoms with Gasteiger partial charge in [-0.1, -0.05) is 6.92 Å². The maximum atomic E-state index is 9.57. The number of likely N-dealkylation sites (tertiary alicyclic amines) is 1. The van der Waals surface area contributed by atoms with Gasteiger partial charge in [0, 0.05) is 6.54 Å². The van der Waals surface area contributed by atoms with Crippen LogP contribution >= 0.6 is 0 Å². The van der Waals surface area contributed by atoms with Crippen molar-refractivity contribution < 1.29 is 5.11 Å². The average Bonchev–Trinajstić information content (AvgIpc) is 2.28. The van der Waals surface area contributed by atoms with Crippen LogP contribution in [0.3, 0.4) is 0 Å². The maximum Gasteiger partial charge on any atom is 0.0664 e. The fourth-order valence-corrected chi connectivity index (χ4v) is 2.23. The molecule has 1 heterocycles. The van der Waals surface area contributed by atoms with E-state index in [1.165, 1.54) is 32.4 Å². The second-order valence-electron chi connectivity index (χ2n) is 4.70. The summed E-state index contributed by atoms with van der Waals surface area (Å²) in [5, 5.41) is 12.8. The number of hydrogen-bond acceptors (Lipinski definition) is 3. The van der Waals surface area contributed by atoms with Crippen molar-refractivity contribution in [2.45, 2.75) is 38.7 Å². The number of β-amino-alcohol motifs (C(OH)–C–C–N with tert-alkyl or cyclic N) is 1. The van der Waals surface area contributed by atoms with Crippen LogP contribution in [0.2, 0.25) is 0 Å². The number of nitrogens with one attached hydrogen (secondary N) is 1. The van der Waals surface area contributed by atoms with Crippen LogP contribution in [-0.2, 0) is 0 Å². The molecule has 0 aromatic rings. The molecule has 90 valence electrons. The molecule has 1 fully saturated rings. The first kappa shape index (κ1) is 12.9. The minimum absolute atomic E-state index is 0.126. The van der Waals surface area contributed by atoms with E-state index in [0.29, 0.717) is 0 Å². The Hall–Kier alpha value is -0.120. The van der Waals surface area contributed by atoms with Gasteiger partial charge >= 0.3 is 0 Å². The largest absolute Gasteiger partial charge is 0.392 e. The van der Waals surface area contributed by atoms with Crippen LogP contribution in [0.4, 0.5) is 0 Å². The topological polar surface area (TPSA) is 35.5 Å². The van der Waals surface area contributed by atoms with Gasteiger partial charge in [0.05, 0.1) is 6.10 Å². The van der Waals surface area contributed by atoms with Crippen molar-refractivity contribution in [3.8, 4) is 0 Å². The van der Waals surface area contributed by atoms with Crippen LogP contribution < -0.4 is 5.32 Å². The Kier molecular flexibility index (Phi) is 6.22. The molecule has 0 aromatic carbocycles. The molecule has 0 spiro atoms. The Morgan fingerprint density at radius 3 is 2.60 bits per heavy atom. The summed E-state index contributed by atoms with van der Waals surface area (Å²) in [5.74, 6) is 0.896. The molecule has 3 heteroatoms. The number of rotatable bonds is 6. The van der Waals surface area contributed by atoms with E-state index < -0.39 is 0 Å². The van der Waals surface area contributed by atoms with Gasteiger partial charge in [0.2, 0.25) is 0 Å². The molecule has 0 radical (unpaired) electrons. The van der Waals surface area contributed by atoms with Crippen molar-refractivity contribution in [3.63, 3.8) is 0 Å². The number of hydrogen-bond donors (Lipinski definition) is 2. The van der Waals surface area contributed by atoms with Gasteiger partial charge < -0.3 is 15.3 Å². The molecule has 15 heavy (non-hydrogen) atoms. The molecule has 0 saturated carbocycles. The van der Waals surface area contributed by atoms with E-state index in [2.05, 4.69) is 10.2 Å². The summed E-state index contributed by atoms with van der Waals surface area (Å²) in [4.78, 5) is 2.41. The van der Waals surface area contributed by atoms with Gasteiger partial charge in [0.1, 0.15) is 0 Å². The molecule has 1 aliphatic heterocycles. The van der Waals surface area contributed by atoms with Crippen LogP contribution in [0.15, 0.2) is 0 Å². The van der Waals surface area contributed by atoms with Crippen molar-refractivity contribution >= 4 is 0 Å². The maximum absolute atomic E-state index is 9.57. The third-order valence-corrected chi connectivity index (χ3v) is 3.45. The molecule has 0 bridgehead atoms. The van der Waals surface area contributed by atoms with E-state index in [-0.39, 0.29) is 6.10 Å². The zero-order valence-electron chi connectivity index (χ0n) is 10.2. The molecule has 0 amide bonds. The summed E-state index contributed by atoms with van der Waals surface area (Å²) >= 11 is 0. The van der Waals surface area contributed by atoms with Gasteiger partial charge in [-0.05, 0) is 58.3 Å². The summed E-state index contributed by atoms with van der Waals surface area (Å²) in [5.41, 5.74) is 0. The Morgan fingerprint density at radius 2 is 2.07 bits per heavy atom. The van der Waals surface area contributed by atoms with E-state index in [4.69, 9.17) is 0 Å². The van der Waals surface area contributed by atoms with Crippen molar-refractivity contribution in [3.05, 3.63) is 0 Å². The molecule has 1 unspecified atom stereocenters. The lowest BCUT2D eigenvalue weighted by Crippen LogP contribution is -2.39. The van der Waals surface area contributed by atoms with Crippen LogP contribution in [-0.4, -0.2) is 49.3 Å². The van der Waals surface area contributed by atoms with Crippen molar-refractivity contribution in [2.75, 3.05) is 33.2 Å². The number of aliphatic hydroxyl groups excluding tert-OH is 1.